The average Bonchev–Trinajstić information content (AvgIpc) is 2.35. The molecule has 21 heavy (non-hydrogen) atoms. The fraction of sp³-hybridized carbons (Fsp3) is 0.941. The van der Waals surface area contributed by atoms with Crippen LogP contribution in [0.1, 0.15) is 40.0 Å². The van der Waals surface area contributed by atoms with Gasteiger partial charge in [0.1, 0.15) is 0 Å². The van der Waals surface area contributed by atoms with Gasteiger partial charge in [0.05, 0.1) is 5.92 Å². The minimum Gasteiger partial charge on any atom is -0.341 e. The zero-order valence-electron chi connectivity index (χ0n) is 14.0. The van der Waals surface area contributed by atoms with E-state index in [4.69, 9.17) is 0 Å². The molecule has 1 spiro atoms. The van der Waals surface area contributed by atoms with Gasteiger partial charge in [-0.15, -0.1) is 0 Å². The molecule has 3 rings (SSSR count). The molecule has 0 atom stereocenters. The summed E-state index contributed by atoms with van der Waals surface area (Å²) in [5, 5.41) is 0. The lowest BCUT2D eigenvalue weighted by atomic mass is 9.71. The molecular weight excluding hydrogens is 262 g/mol. The SMILES string of the molecule is CCCN1CCC2(CC1)CN(C(=O)C1CN(C(C)C)C1)C2. The Labute approximate surface area is 129 Å². The molecule has 3 heterocycles. The van der Waals surface area contributed by atoms with Gasteiger partial charge < -0.3 is 9.80 Å². The van der Waals surface area contributed by atoms with Crippen LogP contribution in [-0.2, 0) is 4.79 Å². The Bertz CT molecular complexity index is 373. The molecule has 120 valence electrons. The van der Waals surface area contributed by atoms with Crippen molar-refractivity contribution < 1.29 is 4.79 Å². The van der Waals surface area contributed by atoms with Crippen LogP contribution < -0.4 is 0 Å². The van der Waals surface area contributed by atoms with Crippen molar-refractivity contribution in [3.8, 4) is 0 Å². The summed E-state index contributed by atoms with van der Waals surface area (Å²) >= 11 is 0. The molecule has 0 aromatic rings. The average molecular weight is 293 g/mol. The minimum absolute atomic E-state index is 0.282. The third kappa shape index (κ3) is 2.98. The highest BCUT2D eigenvalue weighted by atomic mass is 16.2. The molecule has 0 aliphatic carbocycles. The molecule has 3 saturated heterocycles. The smallest absolute Gasteiger partial charge is 0.228 e. The maximum absolute atomic E-state index is 12.5. The number of hydrogen-bond acceptors (Lipinski definition) is 3. The van der Waals surface area contributed by atoms with Gasteiger partial charge >= 0.3 is 0 Å². The van der Waals surface area contributed by atoms with E-state index in [1.807, 2.05) is 0 Å². The van der Waals surface area contributed by atoms with Crippen molar-refractivity contribution in [3.63, 3.8) is 0 Å². The first-order valence-electron chi connectivity index (χ1n) is 8.78. The highest BCUT2D eigenvalue weighted by Crippen LogP contribution is 2.41. The summed E-state index contributed by atoms with van der Waals surface area (Å²) < 4.78 is 0. The highest BCUT2D eigenvalue weighted by Gasteiger charge is 2.49. The summed E-state index contributed by atoms with van der Waals surface area (Å²) in [6.45, 7) is 14.4. The van der Waals surface area contributed by atoms with Crippen LogP contribution in [-0.4, -0.2) is 72.5 Å². The summed E-state index contributed by atoms with van der Waals surface area (Å²) in [5.41, 5.74) is 0.474. The Morgan fingerprint density at radius 3 is 2.33 bits per heavy atom. The first-order valence-corrected chi connectivity index (χ1v) is 8.78. The second kappa shape index (κ2) is 5.88. The standard InChI is InChI=1S/C17H31N3O/c1-4-7-18-8-5-17(6-9-18)12-20(13-17)16(21)15-10-19(11-15)14(2)3/h14-15H,4-13H2,1-3H3. The molecule has 0 aromatic carbocycles. The summed E-state index contributed by atoms with van der Waals surface area (Å²) in [7, 11) is 0. The Hall–Kier alpha value is -0.610. The van der Waals surface area contributed by atoms with Gasteiger partial charge in [-0.2, -0.15) is 0 Å². The van der Waals surface area contributed by atoms with Crippen LogP contribution in [0.15, 0.2) is 0 Å². The molecule has 1 amide bonds. The maximum atomic E-state index is 12.5. The molecule has 0 radical (unpaired) electrons. The number of carbonyl (C=O) groups is 1. The Kier molecular flexibility index (Phi) is 4.28. The van der Waals surface area contributed by atoms with E-state index in [1.165, 1.54) is 38.9 Å². The van der Waals surface area contributed by atoms with Crippen molar-refractivity contribution in [2.24, 2.45) is 11.3 Å². The Balaban J connectivity index is 1.41. The van der Waals surface area contributed by atoms with Gasteiger partial charge in [-0.25, -0.2) is 0 Å². The van der Waals surface area contributed by atoms with E-state index in [2.05, 4.69) is 35.5 Å². The topological polar surface area (TPSA) is 26.8 Å². The van der Waals surface area contributed by atoms with Crippen molar-refractivity contribution in [1.29, 1.82) is 0 Å². The predicted molar refractivity (Wildman–Crippen MR) is 85.2 cm³/mol. The molecule has 0 aromatic heterocycles. The van der Waals surface area contributed by atoms with Crippen molar-refractivity contribution in [3.05, 3.63) is 0 Å². The van der Waals surface area contributed by atoms with Gasteiger partial charge in [0.25, 0.3) is 0 Å². The number of piperidine rings is 1. The molecule has 4 nitrogen and oxygen atoms in total. The van der Waals surface area contributed by atoms with Gasteiger partial charge in [0.15, 0.2) is 0 Å². The van der Waals surface area contributed by atoms with Crippen molar-refractivity contribution in [2.75, 3.05) is 45.8 Å². The number of hydrogen-bond donors (Lipinski definition) is 0. The second-order valence-corrected chi connectivity index (χ2v) is 7.78. The number of carbonyl (C=O) groups excluding carboxylic acids is 1. The van der Waals surface area contributed by atoms with Crippen molar-refractivity contribution >= 4 is 5.91 Å². The van der Waals surface area contributed by atoms with Crippen LogP contribution in [0.2, 0.25) is 0 Å². The highest BCUT2D eigenvalue weighted by molar-refractivity contribution is 5.81. The lowest BCUT2D eigenvalue weighted by Gasteiger charge is -2.56. The van der Waals surface area contributed by atoms with E-state index < -0.39 is 0 Å². The van der Waals surface area contributed by atoms with E-state index in [-0.39, 0.29) is 5.92 Å². The molecular formula is C17H31N3O. The number of amides is 1. The van der Waals surface area contributed by atoms with Crippen LogP contribution >= 0.6 is 0 Å². The zero-order chi connectivity index (χ0) is 15.0. The third-order valence-electron chi connectivity index (χ3n) is 5.81. The first-order chi connectivity index (χ1) is 10.0. The van der Waals surface area contributed by atoms with Crippen LogP contribution in [0.3, 0.4) is 0 Å². The van der Waals surface area contributed by atoms with E-state index in [9.17, 15) is 4.79 Å². The second-order valence-electron chi connectivity index (χ2n) is 7.78. The number of rotatable bonds is 4. The molecule has 0 saturated carbocycles. The van der Waals surface area contributed by atoms with E-state index in [0.717, 1.165) is 26.2 Å². The molecule has 0 unspecified atom stereocenters. The first kappa shape index (κ1) is 15.3. The van der Waals surface area contributed by atoms with Crippen molar-refractivity contribution in [1.82, 2.24) is 14.7 Å². The molecule has 4 heteroatoms. The molecule has 3 aliphatic rings. The Morgan fingerprint density at radius 2 is 1.81 bits per heavy atom. The zero-order valence-corrected chi connectivity index (χ0v) is 14.0. The lowest BCUT2D eigenvalue weighted by molar-refractivity contribution is -0.157. The number of nitrogens with zero attached hydrogens (tertiary/aromatic N) is 3. The number of likely N-dealkylation sites (tertiary alicyclic amines) is 3. The van der Waals surface area contributed by atoms with Gasteiger partial charge in [-0.3, -0.25) is 9.69 Å². The van der Waals surface area contributed by atoms with E-state index in [0.29, 0.717) is 17.4 Å². The fourth-order valence-electron chi connectivity index (χ4n) is 4.15. The summed E-state index contributed by atoms with van der Waals surface area (Å²) in [6.07, 6.45) is 3.84. The third-order valence-corrected chi connectivity index (χ3v) is 5.81. The summed E-state index contributed by atoms with van der Waals surface area (Å²) in [5.74, 6) is 0.707. The molecule has 0 bridgehead atoms. The fourth-order valence-corrected chi connectivity index (χ4v) is 4.15. The van der Waals surface area contributed by atoms with Crippen LogP contribution in [0, 0.1) is 11.3 Å². The Morgan fingerprint density at radius 1 is 1.19 bits per heavy atom. The van der Waals surface area contributed by atoms with Gasteiger partial charge in [-0.1, -0.05) is 6.92 Å². The van der Waals surface area contributed by atoms with Crippen LogP contribution in [0.25, 0.3) is 0 Å². The van der Waals surface area contributed by atoms with Crippen LogP contribution in [0.5, 0.6) is 0 Å². The normalized spacial score (nSPS) is 27.0. The molecule has 0 N–H and O–H groups in total. The predicted octanol–water partition coefficient (Wildman–Crippen LogP) is 1.66. The van der Waals surface area contributed by atoms with E-state index in [1.54, 1.807) is 0 Å². The maximum Gasteiger partial charge on any atom is 0.228 e. The van der Waals surface area contributed by atoms with Crippen molar-refractivity contribution in [2.45, 2.75) is 46.1 Å². The van der Waals surface area contributed by atoms with E-state index >= 15 is 0 Å². The quantitative estimate of drug-likeness (QED) is 0.789. The monoisotopic (exact) mass is 293 g/mol. The molecule has 3 fully saturated rings. The van der Waals surface area contributed by atoms with Gasteiger partial charge in [-0.05, 0) is 52.7 Å². The van der Waals surface area contributed by atoms with Gasteiger partial charge in [0, 0.05) is 37.6 Å². The van der Waals surface area contributed by atoms with Gasteiger partial charge in [0.2, 0.25) is 5.91 Å². The minimum atomic E-state index is 0.282. The largest absolute Gasteiger partial charge is 0.341 e. The lowest BCUT2D eigenvalue weighted by Crippen LogP contribution is -2.66. The van der Waals surface area contributed by atoms with Crippen LogP contribution in [0.4, 0.5) is 0 Å². The molecule has 3 aliphatic heterocycles. The summed E-state index contributed by atoms with van der Waals surface area (Å²) in [6, 6.07) is 0.583. The summed E-state index contributed by atoms with van der Waals surface area (Å²) in [4.78, 5) is 19.6.